The maximum absolute atomic E-state index is 12.3. The second kappa shape index (κ2) is 7.58. The largest absolute Gasteiger partial charge is 0.316 e. The van der Waals surface area contributed by atoms with Gasteiger partial charge in [0.2, 0.25) is 0 Å². The topological polar surface area (TPSA) is 49.4 Å². The van der Waals surface area contributed by atoms with E-state index in [1.54, 1.807) is 24.3 Å². The highest BCUT2D eigenvalue weighted by Crippen LogP contribution is 2.16. The zero-order valence-electron chi connectivity index (χ0n) is 12.4. The molecule has 0 aromatic heterocycles. The van der Waals surface area contributed by atoms with Crippen molar-refractivity contribution >= 4 is 21.4 Å². The summed E-state index contributed by atoms with van der Waals surface area (Å²) in [6.07, 6.45) is 2.43. The van der Waals surface area contributed by atoms with E-state index in [0.717, 1.165) is 19.6 Å². The molecule has 0 bridgehead atoms. The van der Waals surface area contributed by atoms with Crippen LogP contribution in [0.4, 0.5) is 0 Å². The van der Waals surface area contributed by atoms with Crippen molar-refractivity contribution in [2.45, 2.75) is 17.7 Å². The van der Waals surface area contributed by atoms with Crippen LogP contribution in [-0.4, -0.2) is 52.3 Å². The first-order valence-corrected chi connectivity index (χ1v) is 9.38. The van der Waals surface area contributed by atoms with Crippen LogP contribution in [0.25, 0.3) is 0 Å². The van der Waals surface area contributed by atoms with Crippen molar-refractivity contribution in [3.05, 3.63) is 29.3 Å². The summed E-state index contributed by atoms with van der Waals surface area (Å²) in [5.74, 6) is 0.771. The predicted octanol–water partition coefficient (Wildman–Crippen LogP) is 2.05. The van der Waals surface area contributed by atoms with Crippen LogP contribution in [0, 0.1) is 5.92 Å². The van der Waals surface area contributed by atoms with Crippen molar-refractivity contribution < 1.29 is 8.42 Å². The first kappa shape index (κ1) is 16.7. The van der Waals surface area contributed by atoms with Crippen molar-refractivity contribution in [2.24, 2.45) is 5.92 Å². The fourth-order valence-electron chi connectivity index (χ4n) is 2.65. The molecular weight excluding hydrogens is 308 g/mol. The molecule has 0 aliphatic carbocycles. The fraction of sp³-hybridized carbons (Fsp3) is 0.600. The lowest BCUT2D eigenvalue weighted by molar-refractivity contribution is 0.252. The van der Waals surface area contributed by atoms with E-state index in [9.17, 15) is 8.42 Å². The van der Waals surface area contributed by atoms with E-state index in [0.29, 0.717) is 22.4 Å². The van der Waals surface area contributed by atoms with Crippen molar-refractivity contribution in [1.29, 1.82) is 0 Å². The van der Waals surface area contributed by atoms with Crippen molar-refractivity contribution in [2.75, 3.05) is 39.0 Å². The second-order valence-corrected chi connectivity index (χ2v) is 8.29. The molecule has 1 saturated heterocycles. The number of nitrogens with one attached hydrogen (secondary N) is 1. The Morgan fingerprint density at radius 2 is 2.05 bits per heavy atom. The highest BCUT2D eigenvalue weighted by molar-refractivity contribution is 7.91. The van der Waals surface area contributed by atoms with Gasteiger partial charge in [0.1, 0.15) is 0 Å². The first-order chi connectivity index (χ1) is 9.97. The first-order valence-electron chi connectivity index (χ1n) is 7.35. The molecule has 0 spiro atoms. The lowest BCUT2D eigenvalue weighted by Gasteiger charge is -2.27. The Morgan fingerprint density at radius 1 is 1.33 bits per heavy atom. The average molecular weight is 331 g/mol. The molecule has 1 aliphatic rings. The van der Waals surface area contributed by atoms with Crippen LogP contribution in [0.5, 0.6) is 0 Å². The Kier molecular flexibility index (Phi) is 6.05. The molecule has 21 heavy (non-hydrogen) atoms. The third-order valence-corrected chi connectivity index (χ3v) is 5.85. The molecule has 0 saturated carbocycles. The van der Waals surface area contributed by atoms with Gasteiger partial charge in [0.25, 0.3) is 0 Å². The molecule has 1 N–H and O–H groups in total. The Balaban J connectivity index is 1.84. The van der Waals surface area contributed by atoms with Gasteiger partial charge in [-0.3, -0.25) is 0 Å². The van der Waals surface area contributed by atoms with Gasteiger partial charge in [0, 0.05) is 18.1 Å². The molecule has 1 aliphatic heterocycles. The number of benzene rings is 1. The third kappa shape index (κ3) is 5.25. The molecule has 1 unspecified atom stereocenters. The molecule has 1 fully saturated rings. The SMILES string of the molecule is CN(CCS(=O)(=O)c1ccc(Cl)cc1)CC1CCCNC1. The van der Waals surface area contributed by atoms with E-state index in [1.807, 2.05) is 7.05 Å². The van der Waals surface area contributed by atoms with E-state index >= 15 is 0 Å². The summed E-state index contributed by atoms with van der Waals surface area (Å²) in [6.45, 7) is 3.64. The number of halogens is 1. The lowest BCUT2D eigenvalue weighted by atomic mass is 9.99. The van der Waals surface area contributed by atoms with Gasteiger partial charge in [-0.15, -0.1) is 0 Å². The van der Waals surface area contributed by atoms with Gasteiger partial charge in [-0.2, -0.15) is 0 Å². The summed E-state index contributed by atoms with van der Waals surface area (Å²) >= 11 is 5.79. The number of hydrogen-bond donors (Lipinski definition) is 1. The van der Waals surface area contributed by atoms with Crippen LogP contribution < -0.4 is 5.32 Å². The lowest BCUT2D eigenvalue weighted by Crippen LogP contribution is -2.38. The van der Waals surface area contributed by atoms with Gasteiger partial charge in [0.05, 0.1) is 10.6 Å². The maximum atomic E-state index is 12.3. The minimum atomic E-state index is -3.23. The Labute approximate surface area is 132 Å². The summed E-state index contributed by atoms with van der Waals surface area (Å²) in [6, 6.07) is 6.38. The van der Waals surface area contributed by atoms with Crippen LogP contribution in [0.3, 0.4) is 0 Å². The van der Waals surface area contributed by atoms with E-state index in [2.05, 4.69) is 10.2 Å². The number of piperidine rings is 1. The van der Waals surface area contributed by atoms with Gasteiger partial charge in [-0.25, -0.2) is 8.42 Å². The maximum Gasteiger partial charge on any atom is 0.179 e. The van der Waals surface area contributed by atoms with Crippen LogP contribution in [0.2, 0.25) is 5.02 Å². The number of rotatable bonds is 6. The normalized spacial score (nSPS) is 19.9. The van der Waals surface area contributed by atoms with Gasteiger partial charge < -0.3 is 10.2 Å². The molecule has 0 amide bonds. The highest BCUT2D eigenvalue weighted by Gasteiger charge is 2.18. The molecule has 2 rings (SSSR count). The Bertz CT molecular complexity index is 539. The van der Waals surface area contributed by atoms with Crippen LogP contribution in [0.15, 0.2) is 29.2 Å². The van der Waals surface area contributed by atoms with E-state index in [-0.39, 0.29) is 5.75 Å². The van der Waals surface area contributed by atoms with Crippen molar-refractivity contribution in [3.63, 3.8) is 0 Å². The minimum Gasteiger partial charge on any atom is -0.316 e. The van der Waals surface area contributed by atoms with E-state index in [1.165, 1.54) is 12.8 Å². The number of sulfone groups is 1. The van der Waals surface area contributed by atoms with Crippen LogP contribution in [0.1, 0.15) is 12.8 Å². The van der Waals surface area contributed by atoms with Gasteiger partial charge >= 0.3 is 0 Å². The van der Waals surface area contributed by atoms with Gasteiger partial charge in [-0.1, -0.05) is 11.6 Å². The summed E-state index contributed by atoms with van der Waals surface area (Å²) in [5, 5.41) is 3.94. The molecular formula is C15H23ClN2O2S. The van der Waals surface area contributed by atoms with Crippen molar-refractivity contribution in [1.82, 2.24) is 10.2 Å². The third-order valence-electron chi connectivity index (χ3n) is 3.88. The quantitative estimate of drug-likeness (QED) is 0.867. The Hall–Kier alpha value is -0.620. The highest BCUT2D eigenvalue weighted by atomic mass is 35.5. The molecule has 118 valence electrons. The van der Waals surface area contributed by atoms with Crippen LogP contribution >= 0.6 is 11.6 Å². The molecule has 1 atom stereocenters. The fourth-order valence-corrected chi connectivity index (χ4v) is 4.11. The van der Waals surface area contributed by atoms with Crippen LogP contribution in [-0.2, 0) is 9.84 Å². The summed E-state index contributed by atoms with van der Waals surface area (Å²) < 4.78 is 24.5. The summed E-state index contributed by atoms with van der Waals surface area (Å²) in [5.41, 5.74) is 0. The second-order valence-electron chi connectivity index (χ2n) is 5.75. The molecule has 6 heteroatoms. The molecule has 1 heterocycles. The zero-order chi connectivity index (χ0) is 15.3. The predicted molar refractivity (Wildman–Crippen MR) is 86.6 cm³/mol. The van der Waals surface area contributed by atoms with E-state index in [4.69, 9.17) is 11.6 Å². The van der Waals surface area contributed by atoms with Crippen molar-refractivity contribution in [3.8, 4) is 0 Å². The molecule has 4 nitrogen and oxygen atoms in total. The number of nitrogens with zero attached hydrogens (tertiary/aromatic N) is 1. The smallest absolute Gasteiger partial charge is 0.179 e. The Morgan fingerprint density at radius 3 is 2.67 bits per heavy atom. The average Bonchev–Trinajstić information content (AvgIpc) is 2.47. The summed E-state index contributed by atoms with van der Waals surface area (Å²) in [4.78, 5) is 2.46. The zero-order valence-corrected chi connectivity index (χ0v) is 14.0. The molecule has 1 aromatic rings. The monoisotopic (exact) mass is 330 g/mol. The van der Waals surface area contributed by atoms with E-state index < -0.39 is 9.84 Å². The summed E-state index contributed by atoms with van der Waals surface area (Å²) in [7, 11) is -1.24. The minimum absolute atomic E-state index is 0.144. The van der Waals surface area contributed by atoms with Gasteiger partial charge in [-0.05, 0) is 63.2 Å². The standard InChI is InChI=1S/C15H23ClN2O2S/c1-18(12-13-3-2-8-17-11-13)9-10-21(19,20)15-6-4-14(16)5-7-15/h4-7,13,17H,2-3,8-12H2,1H3. The number of hydrogen-bond acceptors (Lipinski definition) is 4. The van der Waals surface area contributed by atoms with Gasteiger partial charge in [0.15, 0.2) is 9.84 Å². The molecule has 1 aromatic carbocycles. The molecule has 0 radical (unpaired) electrons.